The number of imidazole rings is 1. The van der Waals surface area contributed by atoms with Gasteiger partial charge in [-0.15, -0.1) is 0 Å². The van der Waals surface area contributed by atoms with Gasteiger partial charge in [0.05, 0.1) is 25.1 Å². The zero-order valence-corrected chi connectivity index (χ0v) is 12.8. The summed E-state index contributed by atoms with van der Waals surface area (Å²) in [6.07, 6.45) is 2.69. The first-order valence-corrected chi connectivity index (χ1v) is 7.42. The van der Waals surface area contributed by atoms with Gasteiger partial charge in [0.25, 0.3) is 0 Å². The van der Waals surface area contributed by atoms with Gasteiger partial charge in [-0.3, -0.25) is 0 Å². The number of aromatic nitrogens is 4. The van der Waals surface area contributed by atoms with E-state index in [9.17, 15) is 0 Å². The molecule has 0 bridgehead atoms. The Morgan fingerprint density at radius 2 is 2.29 bits per heavy atom. The van der Waals surface area contributed by atoms with Crippen LogP contribution >= 0.6 is 0 Å². The molecule has 0 atom stereocenters. The molecule has 114 valence electrons. The Morgan fingerprint density at radius 3 is 3.05 bits per heavy atom. The summed E-state index contributed by atoms with van der Waals surface area (Å²) < 4.78 is 5.60. The summed E-state index contributed by atoms with van der Waals surface area (Å²) in [5, 5.41) is 3.25. The number of fused-ring (bicyclic) bond motifs is 1. The Balaban J connectivity index is 2.04. The molecule has 1 saturated heterocycles. The maximum atomic E-state index is 5.60. The molecule has 0 amide bonds. The number of anilines is 2. The fourth-order valence-electron chi connectivity index (χ4n) is 2.58. The second-order valence-electron chi connectivity index (χ2n) is 5.92. The third kappa shape index (κ3) is 2.65. The molecular weight excluding hydrogens is 268 g/mol. The molecular formula is C14H22N6O. The van der Waals surface area contributed by atoms with Crippen molar-refractivity contribution in [2.45, 2.75) is 32.7 Å². The van der Waals surface area contributed by atoms with Crippen LogP contribution in [0.2, 0.25) is 0 Å². The van der Waals surface area contributed by atoms with Gasteiger partial charge in [-0.25, -0.2) is 4.98 Å². The zero-order chi connectivity index (χ0) is 14.9. The van der Waals surface area contributed by atoms with Crippen molar-refractivity contribution in [2.75, 3.05) is 36.5 Å². The van der Waals surface area contributed by atoms with Crippen LogP contribution in [-0.2, 0) is 4.74 Å². The second-order valence-corrected chi connectivity index (χ2v) is 5.92. The van der Waals surface area contributed by atoms with Crippen LogP contribution in [0.3, 0.4) is 0 Å². The van der Waals surface area contributed by atoms with E-state index >= 15 is 0 Å². The molecule has 0 aromatic carbocycles. The SMILES string of the molecule is CCCNc1nc(N2CCOCC2(C)C)c2[nH]cnc2n1. The van der Waals surface area contributed by atoms with E-state index in [0.717, 1.165) is 30.8 Å². The molecule has 0 spiro atoms. The highest BCUT2D eigenvalue weighted by molar-refractivity contribution is 5.84. The highest BCUT2D eigenvalue weighted by Crippen LogP contribution is 2.30. The van der Waals surface area contributed by atoms with E-state index in [4.69, 9.17) is 9.72 Å². The van der Waals surface area contributed by atoms with E-state index in [2.05, 4.69) is 45.9 Å². The number of ether oxygens (including phenoxy) is 1. The molecule has 2 aromatic heterocycles. The second kappa shape index (κ2) is 5.48. The number of hydrogen-bond acceptors (Lipinski definition) is 6. The predicted molar refractivity (Wildman–Crippen MR) is 82.7 cm³/mol. The zero-order valence-electron chi connectivity index (χ0n) is 12.8. The van der Waals surface area contributed by atoms with Gasteiger partial charge in [0, 0.05) is 13.1 Å². The van der Waals surface area contributed by atoms with Gasteiger partial charge in [0.15, 0.2) is 11.5 Å². The van der Waals surface area contributed by atoms with Gasteiger partial charge < -0.3 is 19.9 Å². The van der Waals surface area contributed by atoms with E-state index in [1.54, 1.807) is 6.33 Å². The highest BCUT2D eigenvalue weighted by atomic mass is 16.5. The van der Waals surface area contributed by atoms with Crippen molar-refractivity contribution in [3.8, 4) is 0 Å². The number of morpholine rings is 1. The number of rotatable bonds is 4. The summed E-state index contributed by atoms with van der Waals surface area (Å²) in [5.74, 6) is 1.53. The van der Waals surface area contributed by atoms with Crippen LogP contribution in [0, 0.1) is 0 Å². The molecule has 2 aromatic rings. The van der Waals surface area contributed by atoms with Gasteiger partial charge in [0.1, 0.15) is 5.52 Å². The molecule has 0 saturated carbocycles. The third-order valence-corrected chi connectivity index (χ3v) is 3.70. The molecule has 7 nitrogen and oxygen atoms in total. The molecule has 1 fully saturated rings. The minimum absolute atomic E-state index is 0.104. The molecule has 0 unspecified atom stereocenters. The maximum Gasteiger partial charge on any atom is 0.226 e. The average Bonchev–Trinajstić information content (AvgIpc) is 2.92. The minimum atomic E-state index is -0.104. The Labute approximate surface area is 124 Å². The summed E-state index contributed by atoms with van der Waals surface area (Å²) in [6.45, 7) is 9.50. The van der Waals surface area contributed by atoms with E-state index < -0.39 is 0 Å². The summed E-state index contributed by atoms with van der Waals surface area (Å²) in [7, 11) is 0. The summed E-state index contributed by atoms with van der Waals surface area (Å²) in [5.41, 5.74) is 1.47. The van der Waals surface area contributed by atoms with E-state index in [-0.39, 0.29) is 5.54 Å². The molecule has 7 heteroatoms. The van der Waals surface area contributed by atoms with Crippen LogP contribution in [0.25, 0.3) is 11.2 Å². The van der Waals surface area contributed by atoms with Crippen LogP contribution in [0.15, 0.2) is 6.33 Å². The smallest absolute Gasteiger partial charge is 0.226 e. The van der Waals surface area contributed by atoms with Crippen molar-refractivity contribution >= 4 is 22.9 Å². The van der Waals surface area contributed by atoms with E-state index in [0.29, 0.717) is 24.8 Å². The van der Waals surface area contributed by atoms with Crippen LogP contribution < -0.4 is 10.2 Å². The van der Waals surface area contributed by atoms with Gasteiger partial charge in [-0.05, 0) is 20.3 Å². The van der Waals surface area contributed by atoms with Crippen molar-refractivity contribution in [2.24, 2.45) is 0 Å². The first-order valence-electron chi connectivity index (χ1n) is 7.42. The van der Waals surface area contributed by atoms with Gasteiger partial charge in [0.2, 0.25) is 5.95 Å². The monoisotopic (exact) mass is 290 g/mol. The third-order valence-electron chi connectivity index (χ3n) is 3.70. The fraction of sp³-hybridized carbons (Fsp3) is 0.643. The lowest BCUT2D eigenvalue weighted by molar-refractivity contribution is 0.0641. The van der Waals surface area contributed by atoms with Crippen molar-refractivity contribution in [1.29, 1.82) is 0 Å². The quantitative estimate of drug-likeness (QED) is 0.893. The molecule has 21 heavy (non-hydrogen) atoms. The first-order chi connectivity index (χ1) is 10.1. The highest BCUT2D eigenvalue weighted by Gasteiger charge is 2.33. The average molecular weight is 290 g/mol. The van der Waals surface area contributed by atoms with Crippen LogP contribution in [-0.4, -0.2) is 51.8 Å². The number of aromatic amines is 1. The largest absolute Gasteiger partial charge is 0.377 e. The molecule has 0 aliphatic carbocycles. The van der Waals surface area contributed by atoms with Crippen molar-refractivity contribution < 1.29 is 4.74 Å². The molecule has 2 N–H and O–H groups in total. The lowest BCUT2D eigenvalue weighted by Crippen LogP contribution is -2.53. The Bertz CT molecular complexity index is 623. The first kappa shape index (κ1) is 14.1. The summed E-state index contributed by atoms with van der Waals surface area (Å²) in [4.78, 5) is 18.9. The van der Waals surface area contributed by atoms with Crippen LogP contribution in [0.4, 0.5) is 11.8 Å². The Kier molecular flexibility index (Phi) is 3.67. The molecule has 0 radical (unpaired) electrons. The van der Waals surface area contributed by atoms with Crippen LogP contribution in [0.5, 0.6) is 0 Å². The predicted octanol–water partition coefficient (Wildman–Crippen LogP) is 1.79. The van der Waals surface area contributed by atoms with Gasteiger partial charge in [-0.1, -0.05) is 6.92 Å². The van der Waals surface area contributed by atoms with Gasteiger partial charge >= 0.3 is 0 Å². The normalized spacial score (nSPS) is 18.1. The lowest BCUT2D eigenvalue weighted by Gasteiger charge is -2.43. The van der Waals surface area contributed by atoms with Gasteiger partial charge in [-0.2, -0.15) is 9.97 Å². The van der Waals surface area contributed by atoms with E-state index in [1.807, 2.05) is 0 Å². The Morgan fingerprint density at radius 1 is 1.43 bits per heavy atom. The number of hydrogen-bond donors (Lipinski definition) is 2. The topological polar surface area (TPSA) is 79.0 Å². The fourth-order valence-corrected chi connectivity index (χ4v) is 2.58. The number of nitrogens with one attached hydrogen (secondary N) is 2. The molecule has 1 aliphatic rings. The Hall–Kier alpha value is -1.89. The van der Waals surface area contributed by atoms with Crippen molar-refractivity contribution in [1.82, 2.24) is 19.9 Å². The maximum absolute atomic E-state index is 5.60. The van der Waals surface area contributed by atoms with E-state index in [1.165, 1.54) is 0 Å². The minimum Gasteiger partial charge on any atom is -0.377 e. The molecule has 3 heterocycles. The number of nitrogens with zero attached hydrogens (tertiary/aromatic N) is 4. The van der Waals surface area contributed by atoms with Crippen LogP contribution in [0.1, 0.15) is 27.2 Å². The molecule has 1 aliphatic heterocycles. The lowest BCUT2D eigenvalue weighted by atomic mass is 10.0. The molecule has 3 rings (SSSR count). The number of H-pyrrole nitrogens is 1. The summed E-state index contributed by atoms with van der Waals surface area (Å²) >= 11 is 0. The summed E-state index contributed by atoms with van der Waals surface area (Å²) in [6, 6.07) is 0. The van der Waals surface area contributed by atoms with Crippen molar-refractivity contribution in [3.63, 3.8) is 0 Å². The standard InChI is InChI=1S/C14H22N6O/c1-4-5-15-13-18-11-10(16-9-17-11)12(19-13)20-6-7-21-8-14(20,2)3/h9H,4-8H2,1-3H3,(H2,15,16,17,18,19). The van der Waals surface area contributed by atoms with Crippen molar-refractivity contribution in [3.05, 3.63) is 6.33 Å².